The van der Waals surface area contributed by atoms with Gasteiger partial charge in [-0.1, -0.05) is 30.3 Å². The van der Waals surface area contributed by atoms with Crippen molar-refractivity contribution in [3.05, 3.63) is 35.9 Å². The summed E-state index contributed by atoms with van der Waals surface area (Å²) in [5.41, 5.74) is 0.986. The van der Waals surface area contributed by atoms with Crippen LogP contribution in [0.25, 0.3) is 0 Å². The van der Waals surface area contributed by atoms with Gasteiger partial charge >= 0.3 is 5.97 Å². The standard InChI is InChI=1S/C9H10O2.4H2/c1-11-9(10)7-8-5-3-2-4-6-8;;;;/h2-6H,7H2,1H3;4*1H. The van der Waals surface area contributed by atoms with Crippen LogP contribution in [0.5, 0.6) is 0 Å². The summed E-state index contributed by atoms with van der Waals surface area (Å²) in [5.74, 6) is -0.198. The van der Waals surface area contributed by atoms with Crippen LogP contribution in [0.4, 0.5) is 0 Å². The van der Waals surface area contributed by atoms with Gasteiger partial charge in [-0.15, -0.1) is 0 Å². The molecule has 0 amide bonds. The smallest absolute Gasteiger partial charge is 0.309 e. The highest BCUT2D eigenvalue weighted by Crippen LogP contribution is 1.99. The molecule has 0 heterocycles. The van der Waals surface area contributed by atoms with Gasteiger partial charge in [0.1, 0.15) is 0 Å². The van der Waals surface area contributed by atoms with Crippen LogP contribution in [0.1, 0.15) is 11.3 Å². The monoisotopic (exact) mass is 158 g/mol. The fourth-order valence-electron chi connectivity index (χ4n) is 0.835. The molecular weight excluding hydrogens is 140 g/mol. The lowest BCUT2D eigenvalue weighted by Gasteiger charge is -1.97. The summed E-state index contributed by atoms with van der Waals surface area (Å²) in [6.45, 7) is 0. The lowest BCUT2D eigenvalue weighted by Crippen LogP contribution is -2.03. The first-order chi connectivity index (χ1) is 5.33. The Balaban J connectivity index is -0.000000151. The van der Waals surface area contributed by atoms with E-state index in [4.69, 9.17) is 0 Å². The molecule has 2 nitrogen and oxygen atoms in total. The van der Waals surface area contributed by atoms with Gasteiger partial charge in [-0.05, 0) is 5.56 Å². The predicted octanol–water partition coefficient (Wildman–Crippen LogP) is 2.39. The van der Waals surface area contributed by atoms with E-state index in [1.54, 1.807) is 0 Å². The maximum Gasteiger partial charge on any atom is 0.309 e. The molecule has 2 heteroatoms. The molecule has 0 spiro atoms. The molecule has 0 radical (unpaired) electrons. The number of carbonyl (C=O) groups is 1. The number of hydrogen-bond donors (Lipinski definition) is 0. The third-order valence-electron chi connectivity index (χ3n) is 1.42. The van der Waals surface area contributed by atoms with Gasteiger partial charge in [0, 0.05) is 5.71 Å². The molecule has 66 valence electrons. The molecule has 1 rings (SSSR count). The maximum absolute atomic E-state index is 10.8. The first-order valence-corrected chi connectivity index (χ1v) is 3.43. The van der Waals surface area contributed by atoms with Gasteiger partial charge in [0.05, 0.1) is 13.5 Å². The summed E-state index contributed by atoms with van der Waals surface area (Å²) in [6.07, 6.45) is 0.358. The number of carbonyl (C=O) groups excluding carboxylic acids is 1. The Morgan fingerprint density at radius 3 is 2.64 bits per heavy atom. The SMILES string of the molecule is COC(=O)Cc1ccccc1.[HH].[HH].[HH].[HH]. The van der Waals surface area contributed by atoms with Gasteiger partial charge in [0.15, 0.2) is 0 Å². The van der Waals surface area contributed by atoms with Gasteiger partial charge in [0.25, 0.3) is 0 Å². The van der Waals surface area contributed by atoms with Crippen molar-refractivity contribution in [2.45, 2.75) is 6.42 Å². The van der Waals surface area contributed by atoms with Gasteiger partial charge in [-0.3, -0.25) is 4.79 Å². The molecule has 0 saturated carbocycles. The van der Waals surface area contributed by atoms with Crippen molar-refractivity contribution in [2.24, 2.45) is 0 Å². The molecule has 11 heavy (non-hydrogen) atoms. The van der Waals surface area contributed by atoms with E-state index in [0.29, 0.717) is 6.42 Å². The van der Waals surface area contributed by atoms with Crippen molar-refractivity contribution in [3.8, 4) is 0 Å². The van der Waals surface area contributed by atoms with Crippen LogP contribution in [0.15, 0.2) is 30.3 Å². The molecule has 0 aliphatic rings. The van der Waals surface area contributed by atoms with Crippen molar-refractivity contribution in [3.63, 3.8) is 0 Å². The maximum atomic E-state index is 10.8. The molecule has 0 atom stereocenters. The number of rotatable bonds is 2. The van der Waals surface area contributed by atoms with E-state index in [1.165, 1.54) is 7.11 Å². The molecule has 0 N–H and O–H groups in total. The minimum Gasteiger partial charge on any atom is -0.469 e. The van der Waals surface area contributed by atoms with Crippen LogP contribution in [-0.2, 0) is 16.0 Å². The topological polar surface area (TPSA) is 26.3 Å². The zero-order chi connectivity index (χ0) is 8.10. The second kappa shape index (κ2) is 3.76. The van der Waals surface area contributed by atoms with Gasteiger partial charge in [0.2, 0.25) is 0 Å². The molecule has 0 fully saturated rings. The summed E-state index contributed by atoms with van der Waals surface area (Å²) in [5, 5.41) is 0. The Morgan fingerprint density at radius 2 is 2.09 bits per heavy atom. The summed E-state index contributed by atoms with van der Waals surface area (Å²) in [4.78, 5) is 10.8. The fraction of sp³-hybridized carbons (Fsp3) is 0.222. The lowest BCUT2D eigenvalue weighted by molar-refractivity contribution is -0.139. The molecule has 0 saturated heterocycles. The Morgan fingerprint density at radius 1 is 1.45 bits per heavy atom. The fourth-order valence-corrected chi connectivity index (χ4v) is 0.835. The Bertz CT molecular complexity index is 241. The van der Waals surface area contributed by atoms with Crippen LogP contribution in [0.2, 0.25) is 0 Å². The molecular formula is C9H18O2. The van der Waals surface area contributed by atoms with Crippen LogP contribution in [0, 0.1) is 0 Å². The van der Waals surface area contributed by atoms with Crippen molar-refractivity contribution in [1.29, 1.82) is 0 Å². The summed E-state index contributed by atoms with van der Waals surface area (Å²) in [6, 6.07) is 9.52. The van der Waals surface area contributed by atoms with Crippen LogP contribution in [-0.4, -0.2) is 13.1 Å². The van der Waals surface area contributed by atoms with Crippen molar-refractivity contribution >= 4 is 5.97 Å². The Hall–Kier alpha value is -1.31. The molecule has 0 unspecified atom stereocenters. The highest BCUT2D eigenvalue weighted by atomic mass is 16.5. The molecule has 0 bridgehead atoms. The van der Waals surface area contributed by atoms with Gasteiger partial charge in [-0.25, -0.2) is 0 Å². The molecule has 1 aromatic carbocycles. The van der Waals surface area contributed by atoms with E-state index < -0.39 is 0 Å². The van der Waals surface area contributed by atoms with Crippen molar-refractivity contribution in [1.82, 2.24) is 0 Å². The molecule has 0 aromatic heterocycles. The first-order valence-electron chi connectivity index (χ1n) is 3.43. The van der Waals surface area contributed by atoms with Crippen molar-refractivity contribution < 1.29 is 15.2 Å². The minimum absolute atomic E-state index is 0. The summed E-state index contributed by atoms with van der Waals surface area (Å²) in [7, 11) is 1.39. The second-order valence-electron chi connectivity index (χ2n) is 2.24. The zero-order valence-electron chi connectivity index (χ0n) is 6.41. The normalized spacial score (nSPS) is 9.18. The zero-order valence-corrected chi connectivity index (χ0v) is 6.41. The summed E-state index contributed by atoms with van der Waals surface area (Å²) >= 11 is 0. The van der Waals surface area contributed by atoms with Crippen molar-refractivity contribution in [2.75, 3.05) is 7.11 Å². The molecule has 0 aliphatic carbocycles. The van der Waals surface area contributed by atoms with E-state index in [2.05, 4.69) is 4.74 Å². The third-order valence-corrected chi connectivity index (χ3v) is 1.42. The highest BCUT2D eigenvalue weighted by Gasteiger charge is 1.99. The number of ether oxygens (including phenoxy) is 1. The van der Waals surface area contributed by atoms with E-state index >= 15 is 0 Å². The van der Waals surface area contributed by atoms with E-state index in [0.717, 1.165) is 5.56 Å². The predicted molar refractivity (Wildman–Crippen MR) is 50.6 cm³/mol. The molecule has 1 aromatic rings. The quantitative estimate of drug-likeness (QED) is 0.618. The lowest BCUT2D eigenvalue weighted by atomic mass is 10.2. The number of esters is 1. The third kappa shape index (κ3) is 2.42. The first kappa shape index (κ1) is 7.79. The van der Waals surface area contributed by atoms with Crippen LogP contribution >= 0.6 is 0 Å². The number of benzene rings is 1. The minimum atomic E-state index is -0.198. The van der Waals surface area contributed by atoms with Gasteiger partial charge in [-0.2, -0.15) is 0 Å². The number of hydrogen-bond acceptors (Lipinski definition) is 2. The summed E-state index contributed by atoms with van der Waals surface area (Å²) < 4.78 is 4.52. The second-order valence-corrected chi connectivity index (χ2v) is 2.24. The van der Waals surface area contributed by atoms with E-state index in [9.17, 15) is 4.79 Å². The number of methoxy groups -OCH3 is 1. The van der Waals surface area contributed by atoms with E-state index in [1.807, 2.05) is 30.3 Å². The van der Waals surface area contributed by atoms with Gasteiger partial charge < -0.3 is 4.74 Å². The Labute approximate surface area is 71.7 Å². The Kier molecular flexibility index (Phi) is 2.66. The average Bonchev–Trinajstić information content (AvgIpc) is 2.06. The largest absolute Gasteiger partial charge is 0.469 e. The molecule has 0 aliphatic heterocycles. The average molecular weight is 158 g/mol. The van der Waals surface area contributed by atoms with Crippen LogP contribution in [0.3, 0.4) is 0 Å². The van der Waals surface area contributed by atoms with Crippen LogP contribution < -0.4 is 0 Å². The highest BCUT2D eigenvalue weighted by molar-refractivity contribution is 5.72. The van der Waals surface area contributed by atoms with E-state index in [-0.39, 0.29) is 11.7 Å².